The third-order valence-electron chi connectivity index (χ3n) is 2.92. The minimum atomic E-state index is -0.803. The van der Waals surface area contributed by atoms with Crippen molar-refractivity contribution in [1.82, 2.24) is 10.2 Å². The third kappa shape index (κ3) is 4.29. The van der Waals surface area contributed by atoms with Gasteiger partial charge in [0.1, 0.15) is 5.75 Å². The number of hydrogen-bond donors (Lipinski definition) is 2. The molecule has 0 aliphatic carbocycles. The van der Waals surface area contributed by atoms with E-state index in [4.69, 9.17) is 38.4 Å². The number of primary amides is 1. The summed E-state index contributed by atoms with van der Waals surface area (Å²) in [5.41, 5.74) is 6.64. The number of amides is 1. The molecule has 0 saturated carbocycles. The van der Waals surface area contributed by atoms with E-state index in [9.17, 15) is 4.79 Å². The second kappa shape index (κ2) is 7.38. The SMILES string of the molecule is CCc1c(Oc2cc(Cl)cc(Cl)c2)n[nH]c1CCOC(N)=O. The highest BCUT2D eigenvalue weighted by atomic mass is 35.5. The Bertz CT molecular complexity index is 653. The molecule has 0 aliphatic heterocycles. The Morgan fingerprint density at radius 3 is 2.59 bits per heavy atom. The quantitative estimate of drug-likeness (QED) is 0.836. The molecular formula is C14H15Cl2N3O3. The summed E-state index contributed by atoms with van der Waals surface area (Å²) in [5.74, 6) is 0.938. The van der Waals surface area contributed by atoms with Gasteiger partial charge in [-0.3, -0.25) is 5.10 Å². The fourth-order valence-corrected chi connectivity index (χ4v) is 2.50. The molecule has 1 aromatic heterocycles. The molecule has 0 saturated heterocycles. The van der Waals surface area contributed by atoms with Crippen LogP contribution in [-0.2, 0) is 17.6 Å². The molecule has 0 fully saturated rings. The summed E-state index contributed by atoms with van der Waals surface area (Å²) in [7, 11) is 0. The summed E-state index contributed by atoms with van der Waals surface area (Å²) >= 11 is 11.9. The molecule has 22 heavy (non-hydrogen) atoms. The lowest BCUT2D eigenvalue weighted by Gasteiger charge is -2.06. The van der Waals surface area contributed by atoms with Crippen LogP contribution in [0.2, 0.25) is 10.0 Å². The molecule has 0 radical (unpaired) electrons. The Balaban J connectivity index is 2.14. The van der Waals surface area contributed by atoms with Gasteiger partial charge in [0, 0.05) is 27.7 Å². The third-order valence-corrected chi connectivity index (χ3v) is 3.35. The van der Waals surface area contributed by atoms with Crippen molar-refractivity contribution >= 4 is 29.3 Å². The summed E-state index contributed by atoms with van der Waals surface area (Å²) in [6.45, 7) is 2.15. The number of ether oxygens (including phenoxy) is 2. The van der Waals surface area contributed by atoms with E-state index in [-0.39, 0.29) is 6.61 Å². The van der Waals surface area contributed by atoms with Gasteiger partial charge in [0.05, 0.1) is 6.61 Å². The maximum atomic E-state index is 10.6. The van der Waals surface area contributed by atoms with E-state index < -0.39 is 6.09 Å². The number of benzene rings is 1. The van der Waals surface area contributed by atoms with Crippen LogP contribution in [0.15, 0.2) is 18.2 Å². The number of halogens is 2. The number of aromatic nitrogens is 2. The van der Waals surface area contributed by atoms with E-state index in [1.54, 1.807) is 18.2 Å². The fraction of sp³-hybridized carbons (Fsp3) is 0.286. The van der Waals surface area contributed by atoms with Crippen molar-refractivity contribution < 1.29 is 14.3 Å². The summed E-state index contributed by atoms with van der Waals surface area (Å²) in [6.07, 6.45) is 0.368. The average Bonchev–Trinajstić information content (AvgIpc) is 2.79. The zero-order chi connectivity index (χ0) is 16.1. The van der Waals surface area contributed by atoms with Crippen molar-refractivity contribution in [3.8, 4) is 11.6 Å². The Kier molecular flexibility index (Phi) is 5.51. The van der Waals surface area contributed by atoms with Crippen LogP contribution in [0.1, 0.15) is 18.2 Å². The zero-order valence-electron chi connectivity index (χ0n) is 11.9. The Labute approximate surface area is 137 Å². The molecule has 3 N–H and O–H groups in total. The van der Waals surface area contributed by atoms with Gasteiger partial charge in [-0.15, -0.1) is 5.10 Å². The number of nitrogens with one attached hydrogen (secondary N) is 1. The van der Waals surface area contributed by atoms with Crippen molar-refractivity contribution in [2.75, 3.05) is 6.61 Å². The molecular weight excluding hydrogens is 329 g/mol. The van der Waals surface area contributed by atoms with Crippen LogP contribution >= 0.6 is 23.2 Å². The number of rotatable bonds is 6. The van der Waals surface area contributed by atoms with E-state index in [2.05, 4.69) is 10.2 Å². The smallest absolute Gasteiger partial charge is 0.404 e. The largest absolute Gasteiger partial charge is 0.449 e. The molecule has 0 bridgehead atoms. The first-order chi connectivity index (χ1) is 10.5. The summed E-state index contributed by atoms with van der Waals surface area (Å²) in [4.78, 5) is 10.6. The van der Waals surface area contributed by atoms with E-state index in [0.29, 0.717) is 34.5 Å². The van der Waals surface area contributed by atoms with E-state index in [1.807, 2.05) is 6.92 Å². The van der Waals surface area contributed by atoms with Crippen LogP contribution in [-0.4, -0.2) is 22.9 Å². The predicted octanol–water partition coefficient (Wildman–Crippen LogP) is 3.71. The second-order valence-corrected chi connectivity index (χ2v) is 5.34. The maximum absolute atomic E-state index is 10.6. The molecule has 0 unspecified atom stereocenters. The summed E-state index contributed by atoms with van der Waals surface area (Å²) in [5, 5.41) is 7.97. The Hall–Kier alpha value is -1.92. The van der Waals surface area contributed by atoms with Gasteiger partial charge in [-0.25, -0.2) is 4.79 Å². The number of aromatic amines is 1. The van der Waals surface area contributed by atoms with Crippen LogP contribution in [0.25, 0.3) is 0 Å². The molecule has 1 heterocycles. The normalized spacial score (nSPS) is 10.5. The number of carbonyl (C=O) groups is 1. The van der Waals surface area contributed by atoms with Crippen LogP contribution < -0.4 is 10.5 Å². The van der Waals surface area contributed by atoms with Crippen molar-refractivity contribution in [2.24, 2.45) is 5.73 Å². The van der Waals surface area contributed by atoms with E-state index >= 15 is 0 Å². The zero-order valence-corrected chi connectivity index (χ0v) is 13.4. The van der Waals surface area contributed by atoms with Gasteiger partial charge in [0.25, 0.3) is 0 Å². The first kappa shape index (κ1) is 16.5. The summed E-state index contributed by atoms with van der Waals surface area (Å²) in [6, 6.07) is 4.92. The highest BCUT2D eigenvalue weighted by Crippen LogP contribution is 2.30. The Morgan fingerprint density at radius 2 is 2.00 bits per heavy atom. The van der Waals surface area contributed by atoms with Crippen molar-refractivity contribution in [1.29, 1.82) is 0 Å². The molecule has 6 nitrogen and oxygen atoms in total. The van der Waals surface area contributed by atoms with Gasteiger partial charge in [-0.05, 0) is 24.6 Å². The molecule has 8 heteroatoms. The molecule has 0 aliphatic rings. The second-order valence-electron chi connectivity index (χ2n) is 4.46. The predicted molar refractivity (Wildman–Crippen MR) is 83.7 cm³/mol. The van der Waals surface area contributed by atoms with Gasteiger partial charge >= 0.3 is 6.09 Å². The number of hydrogen-bond acceptors (Lipinski definition) is 4. The van der Waals surface area contributed by atoms with Crippen molar-refractivity contribution in [2.45, 2.75) is 19.8 Å². The lowest BCUT2D eigenvalue weighted by Crippen LogP contribution is -2.15. The molecule has 1 amide bonds. The molecule has 1 aromatic carbocycles. The van der Waals surface area contributed by atoms with E-state index in [1.165, 1.54) is 0 Å². The topological polar surface area (TPSA) is 90.2 Å². The lowest BCUT2D eigenvalue weighted by atomic mass is 10.1. The van der Waals surface area contributed by atoms with Gasteiger partial charge in [-0.1, -0.05) is 30.1 Å². The Morgan fingerprint density at radius 1 is 1.32 bits per heavy atom. The van der Waals surface area contributed by atoms with E-state index in [0.717, 1.165) is 11.3 Å². The molecule has 0 atom stereocenters. The van der Waals surface area contributed by atoms with Crippen LogP contribution in [0.3, 0.4) is 0 Å². The molecule has 118 valence electrons. The first-order valence-electron chi connectivity index (χ1n) is 6.62. The van der Waals surface area contributed by atoms with Gasteiger partial charge < -0.3 is 15.2 Å². The fourth-order valence-electron chi connectivity index (χ4n) is 1.99. The van der Waals surface area contributed by atoms with Gasteiger partial charge in [0.2, 0.25) is 5.88 Å². The highest BCUT2D eigenvalue weighted by Gasteiger charge is 2.14. The minimum Gasteiger partial charge on any atom is -0.449 e. The van der Waals surface area contributed by atoms with Gasteiger partial charge in [-0.2, -0.15) is 0 Å². The van der Waals surface area contributed by atoms with Crippen LogP contribution in [0.5, 0.6) is 11.6 Å². The number of nitrogens with two attached hydrogens (primary N) is 1. The van der Waals surface area contributed by atoms with Crippen molar-refractivity contribution in [3.63, 3.8) is 0 Å². The molecule has 0 spiro atoms. The van der Waals surface area contributed by atoms with Gasteiger partial charge in [0.15, 0.2) is 0 Å². The maximum Gasteiger partial charge on any atom is 0.404 e. The van der Waals surface area contributed by atoms with Crippen LogP contribution in [0.4, 0.5) is 4.79 Å². The number of carbonyl (C=O) groups excluding carboxylic acids is 1. The summed E-state index contributed by atoms with van der Waals surface area (Å²) < 4.78 is 10.4. The van der Waals surface area contributed by atoms with Crippen molar-refractivity contribution in [3.05, 3.63) is 39.5 Å². The van der Waals surface area contributed by atoms with Crippen LogP contribution in [0, 0.1) is 0 Å². The number of H-pyrrole nitrogens is 1. The average molecular weight is 344 g/mol. The highest BCUT2D eigenvalue weighted by molar-refractivity contribution is 6.34. The standard InChI is InChI=1S/C14H15Cl2N3O3/c1-2-11-12(3-4-21-14(17)20)18-19-13(11)22-10-6-8(15)5-9(16)7-10/h5-7H,2-4H2,1H3,(H2,17,20)(H,18,19). The lowest BCUT2D eigenvalue weighted by molar-refractivity contribution is 0.158. The molecule has 2 aromatic rings. The molecule has 2 rings (SSSR count). The minimum absolute atomic E-state index is 0.174. The first-order valence-corrected chi connectivity index (χ1v) is 7.37. The number of nitrogens with zero attached hydrogens (tertiary/aromatic N) is 1. The monoisotopic (exact) mass is 343 g/mol.